The number of carbonyl (C=O) groups is 1. The summed E-state index contributed by atoms with van der Waals surface area (Å²) >= 11 is 11.9. The molecule has 0 saturated heterocycles. The first-order valence-corrected chi connectivity index (χ1v) is 7.62. The topological polar surface area (TPSA) is 38.3 Å². The first-order valence-electron chi connectivity index (χ1n) is 6.87. The van der Waals surface area contributed by atoms with E-state index in [4.69, 9.17) is 27.9 Å². The second-order valence-corrected chi connectivity index (χ2v) is 5.85. The van der Waals surface area contributed by atoms with Gasteiger partial charge in [0.15, 0.2) is 0 Å². The third-order valence-electron chi connectivity index (χ3n) is 3.32. The number of rotatable bonds is 5. The van der Waals surface area contributed by atoms with Crippen LogP contribution in [0.1, 0.15) is 24.1 Å². The van der Waals surface area contributed by atoms with Crippen molar-refractivity contribution in [3.8, 4) is 5.75 Å². The molecular weight excluding hydrogens is 321 g/mol. The van der Waals surface area contributed by atoms with Gasteiger partial charge in [0.25, 0.3) is 0 Å². The molecule has 0 aromatic heterocycles. The average molecular weight is 338 g/mol. The zero-order chi connectivity index (χ0) is 16.1. The van der Waals surface area contributed by atoms with Gasteiger partial charge in [-0.3, -0.25) is 4.79 Å². The molecule has 0 spiro atoms. The number of nitrogens with one attached hydrogen (secondary N) is 1. The van der Waals surface area contributed by atoms with Gasteiger partial charge in [-0.25, -0.2) is 0 Å². The summed E-state index contributed by atoms with van der Waals surface area (Å²) in [4.78, 5) is 12.2. The first-order chi connectivity index (χ1) is 10.5. The van der Waals surface area contributed by atoms with Crippen LogP contribution in [0, 0.1) is 0 Å². The Morgan fingerprint density at radius 2 is 1.91 bits per heavy atom. The van der Waals surface area contributed by atoms with Gasteiger partial charge in [0.05, 0.1) is 19.6 Å². The molecule has 1 atom stereocenters. The van der Waals surface area contributed by atoms with Gasteiger partial charge in [0.2, 0.25) is 5.91 Å². The molecule has 2 aromatic rings. The van der Waals surface area contributed by atoms with Gasteiger partial charge in [-0.15, -0.1) is 0 Å². The molecule has 0 unspecified atom stereocenters. The lowest BCUT2D eigenvalue weighted by atomic mass is 10.1. The van der Waals surface area contributed by atoms with Gasteiger partial charge in [-0.05, 0) is 42.8 Å². The molecule has 1 N–H and O–H groups in total. The van der Waals surface area contributed by atoms with Crippen LogP contribution in [-0.2, 0) is 11.2 Å². The van der Waals surface area contributed by atoms with E-state index in [1.165, 1.54) is 0 Å². The zero-order valence-corrected chi connectivity index (χ0v) is 13.9. The minimum absolute atomic E-state index is 0.104. The SMILES string of the molecule is COc1ccc(Cl)cc1CC(=O)N[C@H](C)c1cccc(Cl)c1. The van der Waals surface area contributed by atoms with Crippen molar-refractivity contribution < 1.29 is 9.53 Å². The third kappa shape index (κ3) is 4.39. The van der Waals surface area contributed by atoms with Crippen LogP contribution >= 0.6 is 23.2 Å². The van der Waals surface area contributed by atoms with E-state index in [0.717, 1.165) is 11.1 Å². The second-order valence-electron chi connectivity index (χ2n) is 4.98. The monoisotopic (exact) mass is 337 g/mol. The van der Waals surface area contributed by atoms with Crippen LogP contribution in [-0.4, -0.2) is 13.0 Å². The van der Waals surface area contributed by atoms with E-state index in [0.29, 0.717) is 15.8 Å². The highest BCUT2D eigenvalue weighted by molar-refractivity contribution is 6.31. The number of benzene rings is 2. The fourth-order valence-electron chi connectivity index (χ4n) is 2.21. The van der Waals surface area contributed by atoms with Crippen molar-refractivity contribution in [1.82, 2.24) is 5.32 Å². The summed E-state index contributed by atoms with van der Waals surface area (Å²) in [5.74, 6) is 0.544. The van der Waals surface area contributed by atoms with Crippen LogP contribution < -0.4 is 10.1 Å². The molecular formula is C17H17Cl2NO2. The number of hydrogen-bond donors (Lipinski definition) is 1. The molecule has 22 heavy (non-hydrogen) atoms. The molecule has 5 heteroatoms. The summed E-state index contributed by atoms with van der Waals surface area (Å²) in [5.41, 5.74) is 1.71. The Kier molecular flexibility index (Phi) is 5.69. The summed E-state index contributed by atoms with van der Waals surface area (Å²) < 4.78 is 5.25. The Morgan fingerprint density at radius 1 is 1.18 bits per heavy atom. The van der Waals surface area contributed by atoms with Crippen molar-refractivity contribution in [1.29, 1.82) is 0 Å². The van der Waals surface area contributed by atoms with Gasteiger partial charge >= 0.3 is 0 Å². The van der Waals surface area contributed by atoms with E-state index in [9.17, 15) is 4.79 Å². The fourth-order valence-corrected chi connectivity index (χ4v) is 2.60. The number of carbonyl (C=O) groups excluding carboxylic acids is 1. The molecule has 2 aromatic carbocycles. The van der Waals surface area contributed by atoms with Crippen LogP contribution in [0.25, 0.3) is 0 Å². The number of methoxy groups -OCH3 is 1. The summed E-state index contributed by atoms with van der Waals surface area (Å²) in [6.07, 6.45) is 0.203. The summed E-state index contributed by atoms with van der Waals surface area (Å²) in [6, 6.07) is 12.5. The minimum Gasteiger partial charge on any atom is -0.496 e. The highest BCUT2D eigenvalue weighted by Gasteiger charge is 2.13. The largest absolute Gasteiger partial charge is 0.496 e. The highest BCUT2D eigenvalue weighted by Crippen LogP contribution is 2.23. The van der Waals surface area contributed by atoms with Gasteiger partial charge in [0.1, 0.15) is 5.75 Å². The summed E-state index contributed by atoms with van der Waals surface area (Å²) in [7, 11) is 1.57. The number of amides is 1. The first kappa shape index (κ1) is 16.7. The van der Waals surface area contributed by atoms with Gasteiger partial charge < -0.3 is 10.1 Å². The maximum Gasteiger partial charge on any atom is 0.225 e. The molecule has 2 rings (SSSR count). The third-order valence-corrected chi connectivity index (χ3v) is 3.79. The van der Waals surface area contributed by atoms with Crippen molar-refractivity contribution >= 4 is 29.1 Å². The molecule has 1 amide bonds. The predicted octanol–water partition coefficient (Wildman–Crippen LogP) is 4.42. The lowest BCUT2D eigenvalue weighted by Gasteiger charge is -2.15. The molecule has 116 valence electrons. The smallest absolute Gasteiger partial charge is 0.225 e. The van der Waals surface area contributed by atoms with Crippen LogP contribution in [0.15, 0.2) is 42.5 Å². The van der Waals surface area contributed by atoms with Crippen molar-refractivity contribution in [2.75, 3.05) is 7.11 Å². The molecule has 0 aliphatic carbocycles. The molecule has 0 saturated carbocycles. The van der Waals surface area contributed by atoms with E-state index in [1.54, 1.807) is 31.4 Å². The quantitative estimate of drug-likeness (QED) is 0.876. The zero-order valence-electron chi connectivity index (χ0n) is 12.4. The van der Waals surface area contributed by atoms with Crippen molar-refractivity contribution in [3.05, 3.63) is 63.6 Å². The van der Waals surface area contributed by atoms with Crippen LogP contribution in [0.3, 0.4) is 0 Å². The van der Waals surface area contributed by atoms with Gasteiger partial charge in [0, 0.05) is 15.6 Å². The maximum atomic E-state index is 12.2. The predicted molar refractivity (Wildman–Crippen MR) is 89.7 cm³/mol. The Hall–Kier alpha value is -1.71. The standard InChI is InChI=1S/C17H17Cl2NO2/c1-11(12-4-3-5-14(18)8-12)20-17(21)10-13-9-15(19)6-7-16(13)22-2/h3-9,11H,10H2,1-2H3,(H,20,21)/t11-/m1/s1. The normalized spacial score (nSPS) is 11.8. The Labute approximate surface area is 140 Å². The molecule has 0 heterocycles. The van der Waals surface area contributed by atoms with Crippen molar-refractivity contribution in [3.63, 3.8) is 0 Å². The van der Waals surface area contributed by atoms with Crippen LogP contribution in [0.5, 0.6) is 5.75 Å². The lowest BCUT2D eigenvalue weighted by molar-refractivity contribution is -0.121. The number of ether oxygens (including phenoxy) is 1. The molecule has 3 nitrogen and oxygen atoms in total. The van der Waals surface area contributed by atoms with Gasteiger partial charge in [-0.2, -0.15) is 0 Å². The molecule has 0 aliphatic rings. The van der Waals surface area contributed by atoms with Crippen molar-refractivity contribution in [2.24, 2.45) is 0 Å². The van der Waals surface area contributed by atoms with E-state index < -0.39 is 0 Å². The minimum atomic E-state index is -0.128. The Bertz CT molecular complexity index is 673. The van der Waals surface area contributed by atoms with E-state index >= 15 is 0 Å². The summed E-state index contributed by atoms with van der Waals surface area (Å²) in [5, 5.41) is 4.17. The number of hydrogen-bond acceptors (Lipinski definition) is 2. The highest BCUT2D eigenvalue weighted by atomic mass is 35.5. The molecule has 0 aliphatic heterocycles. The lowest BCUT2D eigenvalue weighted by Crippen LogP contribution is -2.28. The van der Waals surface area contributed by atoms with E-state index in [1.807, 2.05) is 25.1 Å². The van der Waals surface area contributed by atoms with Crippen LogP contribution in [0.2, 0.25) is 10.0 Å². The molecule has 0 radical (unpaired) electrons. The number of halogens is 2. The molecule has 0 bridgehead atoms. The summed E-state index contributed by atoms with van der Waals surface area (Å²) in [6.45, 7) is 1.92. The average Bonchev–Trinajstić information content (AvgIpc) is 2.47. The van der Waals surface area contributed by atoms with E-state index in [2.05, 4.69) is 5.32 Å². The maximum absolute atomic E-state index is 12.2. The van der Waals surface area contributed by atoms with Gasteiger partial charge in [-0.1, -0.05) is 35.3 Å². The molecule has 0 fully saturated rings. The van der Waals surface area contributed by atoms with Crippen molar-refractivity contribution in [2.45, 2.75) is 19.4 Å². The Balaban J connectivity index is 2.05. The second kappa shape index (κ2) is 7.52. The van der Waals surface area contributed by atoms with Crippen LogP contribution in [0.4, 0.5) is 0 Å². The van der Waals surface area contributed by atoms with E-state index in [-0.39, 0.29) is 18.4 Å². The Morgan fingerprint density at radius 3 is 2.59 bits per heavy atom. The fraction of sp³-hybridized carbons (Fsp3) is 0.235.